The Morgan fingerprint density at radius 1 is 0.862 bits per heavy atom. The molecule has 0 radical (unpaired) electrons. The predicted molar refractivity (Wildman–Crippen MR) is 102 cm³/mol. The topological polar surface area (TPSA) is 122 Å². The SMILES string of the molecule is O=C(O)c1ccc(Nc2cc3c(c4nonc24)C(=O)c2ccccc2C3=O)cc1. The molecule has 140 valence electrons. The van der Waals surface area contributed by atoms with Gasteiger partial charge < -0.3 is 10.4 Å². The lowest BCUT2D eigenvalue weighted by atomic mass is 9.83. The van der Waals surface area contributed by atoms with E-state index in [0.717, 1.165) is 0 Å². The normalized spacial score (nSPS) is 12.6. The summed E-state index contributed by atoms with van der Waals surface area (Å²) in [6, 6.07) is 14.2. The molecule has 0 bridgehead atoms. The average Bonchev–Trinajstić information content (AvgIpc) is 3.22. The van der Waals surface area contributed by atoms with Gasteiger partial charge in [-0.05, 0) is 40.6 Å². The third-order valence-electron chi connectivity index (χ3n) is 4.84. The van der Waals surface area contributed by atoms with Gasteiger partial charge in [0, 0.05) is 22.4 Å². The molecule has 0 spiro atoms. The number of fused-ring (bicyclic) bond motifs is 4. The molecule has 0 fully saturated rings. The van der Waals surface area contributed by atoms with Gasteiger partial charge in [0.15, 0.2) is 17.1 Å². The van der Waals surface area contributed by atoms with Crippen LogP contribution in [0.1, 0.15) is 42.2 Å². The van der Waals surface area contributed by atoms with Crippen molar-refractivity contribution in [3.8, 4) is 0 Å². The van der Waals surface area contributed by atoms with Crippen LogP contribution in [0.15, 0.2) is 59.2 Å². The molecule has 0 atom stereocenters. The van der Waals surface area contributed by atoms with Gasteiger partial charge in [-0.15, -0.1) is 0 Å². The Labute approximate surface area is 162 Å². The van der Waals surface area contributed by atoms with E-state index in [0.29, 0.717) is 28.0 Å². The monoisotopic (exact) mass is 385 g/mol. The first-order valence-corrected chi connectivity index (χ1v) is 8.62. The minimum Gasteiger partial charge on any atom is -0.478 e. The Kier molecular flexibility index (Phi) is 3.53. The predicted octanol–water partition coefficient (Wildman–Crippen LogP) is 3.44. The Balaban J connectivity index is 1.66. The summed E-state index contributed by atoms with van der Waals surface area (Å²) in [7, 11) is 0. The van der Waals surface area contributed by atoms with E-state index >= 15 is 0 Å². The summed E-state index contributed by atoms with van der Waals surface area (Å²) in [5.41, 5.74) is 2.66. The number of aromatic carboxylic acids is 1. The number of aromatic nitrogens is 2. The van der Waals surface area contributed by atoms with Gasteiger partial charge in [-0.25, -0.2) is 9.42 Å². The highest BCUT2D eigenvalue weighted by Gasteiger charge is 2.33. The number of ketones is 2. The molecule has 0 saturated carbocycles. The largest absolute Gasteiger partial charge is 0.478 e. The summed E-state index contributed by atoms with van der Waals surface area (Å²) >= 11 is 0. The molecule has 1 aromatic heterocycles. The number of carboxylic acid groups (broad SMARTS) is 1. The minimum absolute atomic E-state index is 0.145. The van der Waals surface area contributed by atoms with Gasteiger partial charge in [0.05, 0.1) is 16.8 Å². The van der Waals surface area contributed by atoms with Crippen LogP contribution in [0.2, 0.25) is 0 Å². The van der Waals surface area contributed by atoms with Crippen molar-refractivity contribution in [2.24, 2.45) is 0 Å². The first-order chi connectivity index (χ1) is 14.0. The molecule has 0 amide bonds. The summed E-state index contributed by atoms with van der Waals surface area (Å²) < 4.78 is 4.85. The quantitative estimate of drug-likeness (QED) is 0.484. The van der Waals surface area contributed by atoms with Gasteiger partial charge in [0.25, 0.3) is 0 Å². The highest BCUT2D eigenvalue weighted by atomic mass is 16.6. The number of anilines is 2. The summed E-state index contributed by atoms with van der Waals surface area (Å²) in [5, 5.41) is 19.8. The number of carbonyl (C=O) groups is 3. The summed E-state index contributed by atoms with van der Waals surface area (Å²) in [6.45, 7) is 0. The van der Waals surface area contributed by atoms with E-state index in [1.54, 1.807) is 42.5 Å². The van der Waals surface area contributed by atoms with Crippen LogP contribution in [-0.2, 0) is 0 Å². The van der Waals surface area contributed by atoms with Crippen LogP contribution in [0.3, 0.4) is 0 Å². The number of benzene rings is 3. The second-order valence-electron chi connectivity index (χ2n) is 6.52. The van der Waals surface area contributed by atoms with Crippen molar-refractivity contribution in [2.75, 3.05) is 5.32 Å². The molecule has 8 heteroatoms. The van der Waals surface area contributed by atoms with Gasteiger partial charge in [-0.2, -0.15) is 0 Å². The van der Waals surface area contributed by atoms with Crippen LogP contribution in [0.5, 0.6) is 0 Å². The third kappa shape index (κ3) is 2.50. The van der Waals surface area contributed by atoms with E-state index in [2.05, 4.69) is 15.6 Å². The van der Waals surface area contributed by atoms with Crippen molar-refractivity contribution in [3.05, 3.63) is 82.4 Å². The van der Waals surface area contributed by atoms with Crippen LogP contribution in [0.25, 0.3) is 11.0 Å². The minimum atomic E-state index is -1.03. The summed E-state index contributed by atoms with van der Waals surface area (Å²) in [4.78, 5) is 37.0. The fourth-order valence-corrected chi connectivity index (χ4v) is 3.46. The van der Waals surface area contributed by atoms with Gasteiger partial charge in [-0.1, -0.05) is 24.3 Å². The maximum absolute atomic E-state index is 13.0. The smallest absolute Gasteiger partial charge is 0.335 e. The lowest BCUT2D eigenvalue weighted by Crippen LogP contribution is -2.21. The van der Waals surface area contributed by atoms with Crippen molar-refractivity contribution in [1.29, 1.82) is 0 Å². The second-order valence-corrected chi connectivity index (χ2v) is 6.52. The molecule has 1 aliphatic carbocycles. The van der Waals surface area contributed by atoms with Crippen LogP contribution in [0, 0.1) is 0 Å². The van der Waals surface area contributed by atoms with E-state index < -0.39 is 5.97 Å². The lowest BCUT2D eigenvalue weighted by Gasteiger charge is -2.18. The Hall–Kier alpha value is -4.33. The fourth-order valence-electron chi connectivity index (χ4n) is 3.46. The lowest BCUT2D eigenvalue weighted by molar-refractivity contribution is 0.0696. The molecular weight excluding hydrogens is 374 g/mol. The van der Waals surface area contributed by atoms with Crippen LogP contribution >= 0.6 is 0 Å². The van der Waals surface area contributed by atoms with E-state index in [4.69, 9.17) is 9.74 Å². The van der Waals surface area contributed by atoms with Gasteiger partial charge in [0.1, 0.15) is 5.52 Å². The molecule has 1 aliphatic rings. The van der Waals surface area contributed by atoms with Crippen molar-refractivity contribution in [3.63, 3.8) is 0 Å². The van der Waals surface area contributed by atoms with Crippen LogP contribution in [-0.4, -0.2) is 33.0 Å². The molecule has 1 heterocycles. The summed E-state index contributed by atoms with van der Waals surface area (Å²) in [5.74, 6) is -1.63. The zero-order valence-electron chi connectivity index (χ0n) is 14.7. The fraction of sp³-hybridized carbons (Fsp3) is 0. The average molecular weight is 385 g/mol. The number of nitrogens with zero attached hydrogens (tertiary/aromatic N) is 2. The number of hydrogen-bond donors (Lipinski definition) is 2. The zero-order valence-corrected chi connectivity index (χ0v) is 14.7. The molecule has 3 aromatic carbocycles. The molecule has 4 aromatic rings. The molecule has 0 unspecified atom stereocenters. The second kappa shape index (κ2) is 6.10. The van der Waals surface area contributed by atoms with Crippen LogP contribution < -0.4 is 5.32 Å². The highest BCUT2D eigenvalue weighted by Crippen LogP contribution is 2.36. The number of nitrogens with one attached hydrogen (secondary N) is 1. The summed E-state index contributed by atoms with van der Waals surface area (Å²) in [6.07, 6.45) is 0. The van der Waals surface area contributed by atoms with E-state index in [9.17, 15) is 14.4 Å². The molecule has 8 nitrogen and oxygen atoms in total. The molecular formula is C21H11N3O5. The highest BCUT2D eigenvalue weighted by molar-refractivity contribution is 6.32. The van der Waals surface area contributed by atoms with E-state index in [-0.39, 0.29) is 33.8 Å². The maximum atomic E-state index is 13.0. The number of hydrogen-bond acceptors (Lipinski definition) is 7. The molecule has 0 saturated heterocycles. The first kappa shape index (κ1) is 16.8. The molecule has 2 N–H and O–H groups in total. The molecule has 29 heavy (non-hydrogen) atoms. The van der Waals surface area contributed by atoms with Crippen molar-refractivity contribution >= 4 is 39.9 Å². The number of rotatable bonds is 3. The van der Waals surface area contributed by atoms with Gasteiger partial charge in [0.2, 0.25) is 0 Å². The Morgan fingerprint density at radius 2 is 1.52 bits per heavy atom. The molecule has 5 rings (SSSR count). The van der Waals surface area contributed by atoms with Crippen molar-refractivity contribution < 1.29 is 24.1 Å². The van der Waals surface area contributed by atoms with Gasteiger partial charge in [-0.3, -0.25) is 9.59 Å². The Bertz CT molecular complexity index is 1340. The van der Waals surface area contributed by atoms with E-state index in [1.165, 1.54) is 12.1 Å². The van der Waals surface area contributed by atoms with Gasteiger partial charge >= 0.3 is 5.97 Å². The maximum Gasteiger partial charge on any atom is 0.335 e. The number of carbonyl (C=O) groups excluding carboxylic acids is 2. The number of carboxylic acids is 1. The first-order valence-electron chi connectivity index (χ1n) is 8.62. The third-order valence-corrected chi connectivity index (χ3v) is 4.84. The zero-order chi connectivity index (χ0) is 20.1. The molecule has 0 aliphatic heterocycles. The Morgan fingerprint density at radius 3 is 2.21 bits per heavy atom. The standard InChI is InChI=1S/C21H11N3O5/c25-19-12-3-1-2-4-13(12)20(26)16-14(19)9-15(17-18(16)24-29-23-17)22-11-7-5-10(6-8-11)21(27)28/h1-9,22H,(H,27,28). The van der Waals surface area contributed by atoms with Crippen molar-refractivity contribution in [2.45, 2.75) is 0 Å². The van der Waals surface area contributed by atoms with Crippen LogP contribution in [0.4, 0.5) is 11.4 Å². The van der Waals surface area contributed by atoms with Crippen molar-refractivity contribution in [1.82, 2.24) is 10.3 Å². The van der Waals surface area contributed by atoms with E-state index in [1.807, 2.05) is 0 Å².